The lowest BCUT2D eigenvalue weighted by Gasteiger charge is -2.30. The highest BCUT2D eigenvalue weighted by molar-refractivity contribution is 9.10. The van der Waals surface area contributed by atoms with Gasteiger partial charge < -0.3 is 5.11 Å². The van der Waals surface area contributed by atoms with Gasteiger partial charge in [0.05, 0.1) is 16.4 Å². The summed E-state index contributed by atoms with van der Waals surface area (Å²) in [5, 5.41) is 14.8. The first-order valence-electron chi connectivity index (χ1n) is 5.72. The van der Waals surface area contributed by atoms with Gasteiger partial charge in [-0.05, 0) is 41.6 Å². The molecule has 0 aliphatic carbocycles. The first-order chi connectivity index (χ1) is 7.31. The van der Waals surface area contributed by atoms with Crippen molar-refractivity contribution in [3.05, 3.63) is 16.4 Å². The van der Waals surface area contributed by atoms with Crippen molar-refractivity contribution in [2.75, 3.05) is 0 Å². The van der Waals surface area contributed by atoms with Gasteiger partial charge in [-0.1, -0.05) is 20.8 Å². The highest BCUT2D eigenvalue weighted by Gasteiger charge is 2.32. The summed E-state index contributed by atoms with van der Waals surface area (Å²) in [6.45, 7) is 10.4. The molecule has 16 heavy (non-hydrogen) atoms. The summed E-state index contributed by atoms with van der Waals surface area (Å²) in [6, 6.07) is 0.253. The van der Waals surface area contributed by atoms with Gasteiger partial charge in [0.1, 0.15) is 6.10 Å². The fourth-order valence-electron chi connectivity index (χ4n) is 1.58. The third-order valence-corrected chi connectivity index (χ3v) is 3.80. The van der Waals surface area contributed by atoms with E-state index in [1.807, 2.05) is 4.68 Å². The molecular weight excluding hydrogens is 268 g/mol. The zero-order valence-corrected chi connectivity index (χ0v) is 12.2. The van der Waals surface area contributed by atoms with Gasteiger partial charge in [0, 0.05) is 6.04 Å². The molecule has 0 bridgehead atoms. The minimum Gasteiger partial charge on any atom is -0.386 e. The van der Waals surface area contributed by atoms with E-state index < -0.39 is 6.10 Å². The van der Waals surface area contributed by atoms with Gasteiger partial charge in [-0.25, -0.2) is 0 Å². The molecule has 3 nitrogen and oxygen atoms in total. The van der Waals surface area contributed by atoms with Crippen LogP contribution in [0.25, 0.3) is 0 Å². The van der Waals surface area contributed by atoms with E-state index in [0.29, 0.717) is 0 Å². The summed E-state index contributed by atoms with van der Waals surface area (Å²) in [5.41, 5.74) is 0.733. The van der Waals surface area contributed by atoms with Crippen molar-refractivity contribution in [3.8, 4) is 0 Å². The molecule has 0 aliphatic rings. The van der Waals surface area contributed by atoms with Gasteiger partial charge in [-0.2, -0.15) is 5.10 Å². The highest BCUT2D eigenvalue weighted by Crippen LogP contribution is 2.39. The summed E-state index contributed by atoms with van der Waals surface area (Å²) in [7, 11) is 0. The van der Waals surface area contributed by atoms with Crippen LogP contribution in [-0.4, -0.2) is 14.9 Å². The molecule has 0 radical (unpaired) electrons. The first-order valence-corrected chi connectivity index (χ1v) is 6.51. The lowest BCUT2D eigenvalue weighted by molar-refractivity contribution is 0.0375. The Bertz CT molecular complexity index is 358. The Morgan fingerprint density at radius 1 is 1.50 bits per heavy atom. The fraction of sp³-hybridized carbons (Fsp3) is 0.750. The van der Waals surface area contributed by atoms with Crippen LogP contribution in [0.5, 0.6) is 0 Å². The van der Waals surface area contributed by atoms with Crippen molar-refractivity contribution in [2.24, 2.45) is 5.41 Å². The molecule has 92 valence electrons. The molecule has 1 aromatic rings. The summed E-state index contributed by atoms with van der Waals surface area (Å²) in [5.74, 6) is 0. The maximum Gasteiger partial charge on any atom is 0.102 e. The maximum atomic E-state index is 10.5. The van der Waals surface area contributed by atoms with E-state index in [4.69, 9.17) is 0 Å². The van der Waals surface area contributed by atoms with Crippen molar-refractivity contribution in [3.63, 3.8) is 0 Å². The quantitative estimate of drug-likeness (QED) is 0.917. The number of nitrogens with zero attached hydrogens (tertiary/aromatic N) is 2. The molecule has 0 saturated carbocycles. The first kappa shape index (κ1) is 13.7. The van der Waals surface area contributed by atoms with Crippen LogP contribution in [0.1, 0.15) is 58.9 Å². The zero-order chi connectivity index (χ0) is 12.5. The molecule has 0 amide bonds. The Hall–Kier alpha value is -0.350. The third-order valence-electron chi connectivity index (χ3n) is 3.19. The Morgan fingerprint density at radius 2 is 2.06 bits per heavy atom. The molecule has 0 saturated heterocycles. The van der Waals surface area contributed by atoms with Crippen LogP contribution in [-0.2, 0) is 0 Å². The Morgan fingerprint density at radius 3 is 2.50 bits per heavy atom. The second-order valence-electron chi connectivity index (χ2n) is 5.16. The minimum atomic E-state index is -0.503. The van der Waals surface area contributed by atoms with Gasteiger partial charge in [0.2, 0.25) is 0 Å². The Balaban J connectivity index is 3.17. The van der Waals surface area contributed by atoms with E-state index >= 15 is 0 Å². The maximum absolute atomic E-state index is 10.5. The predicted molar refractivity (Wildman–Crippen MR) is 69.3 cm³/mol. The van der Waals surface area contributed by atoms with Crippen molar-refractivity contribution in [2.45, 2.75) is 53.2 Å². The van der Waals surface area contributed by atoms with E-state index in [0.717, 1.165) is 16.6 Å². The average Bonchev–Trinajstić information content (AvgIpc) is 2.59. The fourth-order valence-corrected chi connectivity index (χ4v) is 2.07. The van der Waals surface area contributed by atoms with Crippen LogP contribution >= 0.6 is 15.9 Å². The highest BCUT2D eigenvalue weighted by atomic mass is 79.9. The van der Waals surface area contributed by atoms with Gasteiger partial charge in [0.25, 0.3) is 0 Å². The lowest BCUT2D eigenvalue weighted by atomic mass is 9.82. The van der Waals surface area contributed by atoms with E-state index in [9.17, 15) is 5.11 Å². The Labute approximate surface area is 106 Å². The topological polar surface area (TPSA) is 38.1 Å². The molecule has 1 rings (SSSR count). The summed E-state index contributed by atoms with van der Waals surface area (Å²) in [4.78, 5) is 0. The average molecular weight is 289 g/mol. The molecule has 4 heteroatoms. The van der Waals surface area contributed by atoms with Gasteiger partial charge in [0.15, 0.2) is 0 Å². The van der Waals surface area contributed by atoms with E-state index in [1.165, 1.54) is 0 Å². The lowest BCUT2D eigenvalue weighted by Crippen LogP contribution is -2.24. The van der Waals surface area contributed by atoms with Crippen LogP contribution < -0.4 is 0 Å². The number of aliphatic hydroxyl groups excluding tert-OH is 1. The molecular formula is C12H21BrN2O. The molecule has 0 spiro atoms. The molecule has 0 aliphatic heterocycles. The molecule has 1 aromatic heterocycles. The zero-order valence-electron chi connectivity index (χ0n) is 10.7. The van der Waals surface area contributed by atoms with Crippen molar-refractivity contribution in [1.82, 2.24) is 9.78 Å². The smallest absolute Gasteiger partial charge is 0.102 e. The monoisotopic (exact) mass is 288 g/mol. The predicted octanol–water partition coefficient (Wildman–Crippen LogP) is 3.70. The number of halogens is 1. The SMILES string of the molecule is CCC(C)(C)C(O)c1c(Br)cnn1C(C)C. The van der Waals surface area contributed by atoms with E-state index in [2.05, 4.69) is 55.6 Å². The Kier molecular flexibility index (Phi) is 4.18. The van der Waals surface area contributed by atoms with Crippen molar-refractivity contribution in [1.29, 1.82) is 0 Å². The number of aliphatic hydroxyl groups is 1. The number of rotatable bonds is 4. The van der Waals surface area contributed by atoms with Crippen LogP contribution in [0.4, 0.5) is 0 Å². The van der Waals surface area contributed by atoms with E-state index in [1.54, 1.807) is 6.20 Å². The van der Waals surface area contributed by atoms with Crippen LogP contribution in [0.2, 0.25) is 0 Å². The molecule has 1 N–H and O–H groups in total. The summed E-state index contributed by atoms with van der Waals surface area (Å²) in [6.07, 6.45) is 2.17. The van der Waals surface area contributed by atoms with Crippen LogP contribution in [0.15, 0.2) is 10.7 Å². The van der Waals surface area contributed by atoms with Gasteiger partial charge >= 0.3 is 0 Å². The van der Waals surface area contributed by atoms with Gasteiger partial charge in [-0.15, -0.1) is 0 Å². The van der Waals surface area contributed by atoms with Crippen molar-refractivity contribution >= 4 is 15.9 Å². The number of hydrogen-bond donors (Lipinski definition) is 1. The normalized spacial score (nSPS) is 14.5. The van der Waals surface area contributed by atoms with Gasteiger partial charge in [-0.3, -0.25) is 4.68 Å². The molecule has 1 atom stereocenters. The molecule has 1 unspecified atom stereocenters. The minimum absolute atomic E-state index is 0.144. The van der Waals surface area contributed by atoms with Crippen LogP contribution in [0.3, 0.4) is 0 Å². The summed E-state index contributed by atoms with van der Waals surface area (Å²) < 4.78 is 2.77. The largest absolute Gasteiger partial charge is 0.386 e. The third kappa shape index (κ3) is 2.48. The second-order valence-corrected chi connectivity index (χ2v) is 6.02. The standard InChI is InChI=1S/C12H21BrN2O/c1-6-12(4,5)11(16)10-9(13)7-14-15(10)8(2)3/h7-8,11,16H,6H2,1-5H3. The number of aromatic nitrogens is 2. The van der Waals surface area contributed by atoms with Crippen molar-refractivity contribution < 1.29 is 5.11 Å². The van der Waals surface area contributed by atoms with Crippen LogP contribution in [0, 0.1) is 5.41 Å². The second kappa shape index (κ2) is 4.88. The molecule has 0 aromatic carbocycles. The summed E-state index contributed by atoms with van der Waals surface area (Å²) >= 11 is 3.46. The molecule has 0 fully saturated rings. The molecule has 1 heterocycles. The number of hydrogen-bond acceptors (Lipinski definition) is 2. The van der Waals surface area contributed by atoms with E-state index in [-0.39, 0.29) is 11.5 Å².